The van der Waals surface area contributed by atoms with Crippen LogP contribution in [0.25, 0.3) is 0 Å². The molecule has 0 amide bonds. The Bertz CT molecular complexity index is 558. The summed E-state index contributed by atoms with van der Waals surface area (Å²) in [6.07, 6.45) is 0. The molecule has 2 aromatic rings. The minimum atomic E-state index is 0.431. The van der Waals surface area contributed by atoms with Crippen LogP contribution in [0.2, 0.25) is 10.0 Å². The van der Waals surface area contributed by atoms with E-state index in [1.807, 2.05) is 6.92 Å². The third-order valence-corrected chi connectivity index (χ3v) is 2.76. The molecule has 0 atom stereocenters. The summed E-state index contributed by atoms with van der Waals surface area (Å²) in [5.74, 6) is 0.900. The highest BCUT2D eigenvalue weighted by Crippen LogP contribution is 2.31. The van der Waals surface area contributed by atoms with E-state index in [0.717, 1.165) is 0 Å². The average Bonchev–Trinajstić information content (AvgIpc) is 2.29. The molecule has 0 aliphatic rings. The minimum Gasteiger partial charge on any atom is -0.437 e. The fourth-order valence-corrected chi connectivity index (χ4v) is 1.59. The predicted molar refractivity (Wildman–Crippen MR) is 69.9 cm³/mol. The van der Waals surface area contributed by atoms with Gasteiger partial charge in [-0.3, -0.25) is 0 Å². The first-order chi connectivity index (χ1) is 8.06. The first-order valence-corrected chi connectivity index (χ1v) is 5.68. The van der Waals surface area contributed by atoms with Crippen LogP contribution in [0.5, 0.6) is 11.6 Å². The van der Waals surface area contributed by atoms with Gasteiger partial charge in [0, 0.05) is 17.2 Å². The van der Waals surface area contributed by atoms with Gasteiger partial charge in [0.05, 0.1) is 16.4 Å². The molecule has 2 N–H and O–H groups in total. The second kappa shape index (κ2) is 4.82. The first kappa shape index (κ1) is 12.0. The van der Waals surface area contributed by atoms with Crippen LogP contribution in [0.1, 0.15) is 5.69 Å². The molecule has 1 heterocycles. The summed E-state index contributed by atoms with van der Waals surface area (Å²) >= 11 is 11.8. The fraction of sp³-hybridized carbons (Fsp3) is 0.0833. The monoisotopic (exact) mass is 268 g/mol. The van der Waals surface area contributed by atoms with Crippen LogP contribution in [-0.2, 0) is 0 Å². The highest BCUT2D eigenvalue weighted by molar-refractivity contribution is 6.34. The second-order valence-corrected chi connectivity index (χ2v) is 4.34. The third-order valence-electron chi connectivity index (χ3n) is 2.21. The molecule has 0 radical (unpaired) electrons. The zero-order chi connectivity index (χ0) is 12.4. The number of nitrogens with two attached hydrogens (primary N) is 1. The van der Waals surface area contributed by atoms with Crippen molar-refractivity contribution in [2.75, 3.05) is 5.73 Å². The van der Waals surface area contributed by atoms with Crippen molar-refractivity contribution in [2.45, 2.75) is 6.92 Å². The van der Waals surface area contributed by atoms with Gasteiger partial charge in [-0.05, 0) is 25.1 Å². The number of aromatic nitrogens is 1. The Morgan fingerprint density at radius 3 is 2.65 bits per heavy atom. The summed E-state index contributed by atoms with van der Waals surface area (Å²) in [7, 11) is 0. The average molecular weight is 269 g/mol. The van der Waals surface area contributed by atoms with E-state index in [9.17, 15) is 0 Å². The van der Waals surface area contributed by atoms with Gasteiger partial charge in [0.25, 0.3) is 0 Å². The lowest BCUT2D eigenvalue weighted by molar-refractivity contribution is 0.462. The van der Waals surface area contributed by atoms with Gasteiger partial charge in [-0.2, -0.15) is 0 Å². The number of halogens is 2. The molecule has 0 saturated carbocycles. The number of nitrogens with zero attached hydrogens (tertiary/aromatic N) is 1. The summed E-state index contributed by atoms with van der Waals surface area (Å²) < 4.78 is 5.54. The molecule has 0 fully saturated rings. The molecule has 0 unspecified atom stereocenters. The number of hydrogen-bond donors (Lipinski definition) is 1. The number of nitrogen functional groups attached to an aromatic ring is 1. The molecular weight excluding hydrogens is 259 g/mol. The summed E-state index contributed by atoms with van der Waals surface area (Å²) in [6.45, 7) is 1.81. The van der Waals surface area contributed by atoms with Crippen molar-refractivity contribution in [1.29, 1.82) is 0 Å². The quantitative estimate of drug-likeness (QED) is 0.893. The van der Waals surface area contributed by atoms with E-state index in [4.69, 9.17) is 33.7 Å². The maximum absolute atomic E-state index is 5.98. The van der Waals surface area contributed by atoms with Gasteiger partial charge >= 0.3 is 0 Å². The highest BCUT2D eigenvalue weighted by Gasteiger charge is 2.06. The number of ether oxygens (including phenoxy) is 1. The van der Waals surface area contributed by atoms with Crippen molar-refractivity contribution in [3.05, 3.63) is 46.1 Å². The van der Waals surface area contributed by atoms with Gasteiger partial charge in [0.15, 0.2) is 0 Å². The highest BCUT2D eigenvalue weighted by atomic mass is 35.5. The Labute approximate surface area is 109 Å². The zero-order valence-corrected chi connectivity index (χ0v) is 10.6. The van der Waals surface area contributed by atoms with E-state index in [2.05, 4.69) is 4.98 Å². The molecular formula is C12H10Cl2N2O. The van der Waals surface area contributed by atoms with Crippen LogP contribution in [0.4, 0.5) is 5.69 Å². The van der Waals surface area contributed by atoms with Gasteiger partial charge in [-0.15, -0.1) is 0 Å². The molecule has 88 valence electrons. The van der Waals surface area contributed by atoms with E-state index in [0.29, 0.717) is 33.1 Å². The summed E-state index contributed by atoms with van der Waals surface area (Å²) in [4.78, 5) is 4.19. The maximum Gasteiger partial charge on any atom is 0.219 e. The molecule has 2 rings (SSSR count). The van der Waals surface area contributed by atoms with Crippen LogP contribution in [0.15, 0.2) is 30.3 Å². The number of rotatable bonds is 2. The standard InChI is InChI=1S/C12H10Cl2N2O/c1-7-10(15)4-5-12(16-7)17-11-6-8(13)2-3-9(11)14/h2-6H,15H2,1H3. The fourth-order valence-electron chi connectivity index (χ4n) is 1.27. The van der Waals surface area contributed by atoms with Crippen molar-refractivity contribution >= 4 is 28.9 Å². The summed E-state index contributed by atoms with van der Waals surface area (Å²) in [5, 5.41) is 1.03. The van der Waals surface area contributed by atoms with Crippen molar-refractivity contribution in [1.82, 2.24) is 4.98 Å². The van der Waals surface area contributed by atoms with E-state index in [1.54, 1.807) is 30.3 Å². The van der Waals surface area contributed by atoms with Crippen LogP contribution < -0.4 is 10.5 Å². The normalized spacial score (nSPS) is 10.3. The Morgan fingerprint density at radius 1 is 1.18 bits per heavy atom. The maximum atomic E-state index is 5.98. The van der Waals surface area contributed by atoms with E-state index in [-0.39, 0.29) is 0 Å². The smallest absolute Gasteiger partial charge is 0.219 e. The van der Waals surface area contributed by atoms with E-state index < -0.39 is 0 Å². The van der Waals surface area contributed by atoms with Gasteiger partial charge < -0.3 is 10.5 Å². The largest absolute Gasteiger partial charge is 0.437 e. The Kier molecular flexibility index (Phi) is 3.41. The molecule has 0 bridgehead atoms. The van der Waals surface area contributed by atoms with Gasteiger partial charge in [-0.1, -0.05) is 23.2 Å². The predicted octanol–water partition coefficient (Wildman–Crippen LogP) is 4.07. The minimum absolute atomic E-state index is 0.431. The summed E-state index contributed by atoms with van der Waals surface area (Å²) in [6, 6.07) is 8.41. The number of anilines is 1. The summed E-state index contributed by atoms with van der Waals surface area (Å²) in [5.41, 5.74) is 7.00. The first-order valence-electron chi connectivity index (χ1n) is 4.92. The lowest BCUT2D eigenvalue weighted by atomic mass is 10.3. The van der Waals surface area contributed by atoms with Gasteiger partial charge in [-0.25, -0.2) is 4.98 Å². The molecule has 1 aromatic heterocycles. The van der Waals surface area contributed by atoms with Crippen LogP contribution in [0, 0.1) is 6.92 Å². The number of benzene rings is 1. The lowest BCUT2D eigenvalue weighted by Crippen LogP contribution is -1.95. The second-order valence-electron chi connectivity index (χ2n) is 3.50. The van der Waals surface area contributed by atoms with E-state index >= 15 is 0 Å². The van der Waals surface area contributed by atoms with E-state index in [1.165, 1.54) is 0 Å². The van der Waals surface area contributed by atoms with Crippen LogP contribution >= 0.6 is 23.2 Å². The molecule has 17 heavy (non-hydrogen) atoms. The Balaban J connectivity index is 2.31. The molecule has 5 heteroatoms. The number of aryl methyl sites for hydroxylation is 1. The lowest BCUT2D eigenvalue weighted by Gasteiger charge is -2.08. The van der Waals surface area contributed by atoms with Crippen molar-refractivity contribution in [3.8, 4) is 11.6 Å². The van der Waals surface area contributed by atoms with Crippen molar-refractivity contribution in [3.63, 3.8) is 0 Å². The molecule has 0 aliphatic carbocycles. The molecule has 3 nitrogen and oxygen atoms in total. The zero-order valence-electron chi connectivity index (χ0n) is 9.08. The van der Waals surface area contributed by atoms with Crippen molar-refractivity contribution < 1.29 is 4.74 Å². The Hall–Kier alpha value is -1.45. The SMILES string of the molecule is Cc1nc(Oc2cc(Cl)ccc2Cl)ccc1N. The molecule has 0 aliphatic heterocycles. The van der Waals surface area contributed by atoms with Crippen molar-refractivity contribution in [2.24, 2.45) is 0 Å². The number of hydrogen-bond acceptors (Lipinski definition) is 3. The topological polar surface area (TPSA) is 48.1 Å². The van der Waals surface area contributed by atoms with Crippen LogP contribution in [0.3, 0.4) is 0 Å². The van der Waals surface area contributed by atoms with Crippen LogP contribution in [-0.4, -0.2) is 4.98 Å². The molecule has 0 saturated heterocycles. The molecule has 1 aromatic carbocycles. The van der Waals surface area contributed by atoms with Gasteiger partial charge in [0.2, 0.25) is 5.88 Å². The third kappa shape index (κ3) is 2.81. The molecule has 0 spiro atoms. The number of pyridine rings is 1. The Morgan fingerprint density at radius 2 is 1.94 bits per heavy atom. The van der Waals surface area contributed by atoms with Gasteiger partial charge in [0.1, 0.15) is 5.75 Å².